The third kappa shape index (κ3) is 7.31. The summed E-state index contributed by atoms with van der Waals surface area (Å²) in [6.45, 7) is 4.38. The number of ether oxygens (including phenoxy) is 3. The largest absolute Gasteiger partial charge is 0.489 e. The Morgan fingerprint density at radius 3 is 2.53 bits per heavy atom. The van der Waals surface area contributed by atoms with Crippen molar-refractivity contribution in [3.63, 3.8) is 0 Å². The highest BCUT2D eigenvalue weighted by Crippen LogP contribution is 2.28. The normalized spacial score (nSPS) is 24.8. The molecule has 2 aliphatic heterocycles. The number of halogens is 1. The fourth-order valence-electron chi connectivity index (χ4n) is 5.23. The van der Waals surface area contributed by atoms with Crippen LogP contribution in [0.5, 0.6) is 5.75 Å². The molecular formula is C26H36FN3O4. The van der Waals surface area contributed by atoms with Gasteiger partial charge in [-0.05, 0) is 75.6 Å². The summed E-state index contributed by atoms with van der Waals surface area (Å²) in [4.78, 5) is 14.7. The molecule has 4 rings (SSSR count). The number of piperidine rings is 1. The van der Waals surface area contributed by atoms with E-state index in [9.17, 15) is 14.4 Å². The molecule has 2 heterocycles. The molecule has 1 N–H and O–H groups in total. The fourth-order valence-corrected chi connectivity index (χ4v) is 5.23. The summed E-state index contributed by atoms with van der Waals surface area (Å²) >= 11 is 0. The first kappa shape index (κ1) is 24.7. The van der Waals surface area contributed by atoms with E-state index in [1.807, 2.05) is 6.07 Å². The van der Waals surface area contributed by atoms with Gasteiger partial charge in [0.1, 0.15) is 29.8 Å². The Morgan fingerprint density at radius 1 is 1.09 bits per heavy atom. The number of nitrogens with one attached hydrogen (secondary N) is 1. The minimum atomic E-state index is -0.418. The molecule has 8 heteroatoms. The Kier molecular flexibility index (Phi) is 9.00. The van der Waals surface area contributed by atoms with Crippen LogP contribution in [0.1, 0.15) is 63.4 Å². The molecule has 7 nitrogen and oxygen atoms in total. The van der Waals surface area contributed by atoms with Crippen molar-refractivity contribution in [2.45, 2.75) is 76.0 Å². The predicted molar refractivity (Wildman–Crippen MR) is 125 cm³/mol. The Morgan fingerprint density at radius 2 is 1.82 bits per heavy atom. The summed E-state index contributed by atoms with van der Waals surface area (Å²) in [5, 5.41) is 12.3. The van der Waals surface area contributed by atoms with Gasteiger partial charge in [0.05, 0.1) is 18.8 Å². The number of amides is 1. The van der Waals surface area contributed by atoms with Crippen molar-refractivity contribution < 1.29 is 23.4 Å². The number of carbonyl (C=O) groups is 1. The van der Waals surface area contributed by atoms with Crippen molar-refractivity contribution in [1.29, 1.82) is 5.26 Å². The molecule has 1 aliphatic carbocycles. The average molecular weight is 474 g/mol. The van der Waals surface area contributed by atoms with Crippen molar-refractivity contribution in [2.24, 2.45) is 5.92 Å². The number of nitrogens with zero attached hydrogens (tertiary/aromatic N) is 2. The number of hydrogen-bond acceptors (Lipinski definition) is 6. The molecule has 1 saturated carbocycles. The Balaban J connectivity index is 1.09. The summed E-state index contributed by atoms with van der Waals surface area (Å²) in [5.41, 5.74) is 0.254. The molecule has 2 saturated heterocycles. The molecule has 0 radical (unpaired) electrons. The Labute approximate surface area is 201 Å². The van der Waals surface area contributed by atoms with Gasteiger partial charge in [0.25, 0.3) is 0 Å². The lowest BCUT2D eigenvalue weighted by molar-refractivity contribution is 0.000257. The number of nitriles is 1. The molecule has 1 aromatic carbocycles. The van der Waals surface area contributed by atoms with Crippen LogP contribution in [0.2, 0.25) is 0 Å². The summed E-state index contributed by atoms with van der Waals surface area (Å²) in [7, 11) is 0. The maximum Gasteiger partial charge on any atom is 0.407 e. The second kappa shape index (κ2) is 12.4. The van der Waals surface area contributed by atoms with E-state index in [2.05, 4.69) is 10.2 Å². The monoisotopic (exact) mass is 473 g/mol. The van der Waals surface area contributed by atoms with Gasteiger partial charge in [0, 0.05) is 32.0 Å². The summed E-state index contributed by atoms with van der Waals surface area (Å²) < 4.78 is 30.2. The first-order valence-electron chi connectivity index (χ1n) is 12.7. The van der Waals surface area contributed by atoms with Crippen LogP contribution in [0, 0.1) is 23.1 Å². The number of benzene rings is 1. The van der Waals surface area contributed by atoms with Gasteiger partial charge in [-0.3, -0.25) is 0 Å². The summed E-state index contributed by atoms with van der Waals surface area (Å²) in [6, 6.07) is 6.35. The van der Waals surface area contributed by atoms with Gasteiger partial charge in [-0.25, -0.2) is 9.18 Å². The van der Waals surface area contributed by atoms with Crippen molar-refractivity contribution in [3.8, 4) is 11.8 Å². The molecule has 186 valence electrons. The zero-order chi connectivity index (χ0) is 23.8. The zero-order valence-corrected chi connectivity index (χ0v) is 19.8. The Hall–Kier alpha value is -2.37. The van der Waals surface area contributed by atoms with Crippen LogP contribution in [0.4, 0.5) is 9.18 Å². The van der Waals surface area contributed by atoms with Crippen molar-refractivity contribution >= 4 is 6.09 Å². The van der Waals surface area contributed by atoms with E-state index in [1.54, 1.807) is 6.07 Å². The van der Waals surface area contributed by atoms with E-state index >= 15 is 0 Å². The van der Waals surface area contributed by atoms with E-state index < -0.39 is 5.82 Å². The molecule has 0 spiro atoms. The van der Waals surface area contributed by atoms with Crippen LogP contribution in [0.25, 0.3) is 0 Å². The van der Waals surface area contributed by atoms with Crippen LogP contribution in [-0.2, 0) is 9.47 Å². The number of carbonyl (C=O) groups excluding carboxylic acids is 1. The lowest BCUT2D eigenvalue weighted by atomic mass is 9.84. The second-order valence-electron chi connectivity index (χ2n) is 9.78. The first-order valence-corrected chi connectivity index (χ1v) is 12.7. The molecule has 0 aromatic heterocycles. The predicted octanol–water partition coefficient (Wildman–Crippen LogP) is 4.39. The van der Waals surface area contributed by atoms with Crippen molar-refractivity contribution in [3.05, 3.63) is 29.6 Å². The third-order valence-electron chi connectivity index (χ3n) is 7.35. The van der Waals surface area contributed by atoms with Crippen molar-refractivity contribution in [1.82, 2.24) is 10.2 Å². The third-order valence-corrected chi connectivity index (χ3v) is 7.35. The van der Waals surface area contributed by atoms with Crippen LogP contribution in [0.15, 0.2) is 18.2 Å². The quantitative estimate of drug-likeness (QED) is 0.632. The maximum absolute atomic E-state index is 13.3. The minimum Gasteiger partial charge on any atom is -0.489 e. The van der Waals surface area contributed by atoms with Gasteiger partial charge in [0.15, 0.2) is 0 Å². The molecule has 0 bridgehead atoms. The highest BCUT2D eigenvalue weighted by atomic mass is 19.1. The highest BCUT2D eigenvalue weighted by molar-refractivity contribution is 5.67. The zero-order valence-electron chi connectivity index (χ0n) is 19.8. The molecule has 3 fully saturated rings. The lowest BCUT2D eigenvalue weighted by Crippen LogP contribution is -2.41. The topological polar surface area (TPSA) is 83.8 Å². The number of rotatable bonds is 7. The molecule has 1 amide bonds. The number of hydrogen-bond donors (Lipinski definition) is 1. The van der Waals surface area contributed by atoms with E-state index in [4.69, 9.17) is 14.2 Å². The molecule has 34 heavy (non-hydrogen) atoms. The first-order chi connectivity index (χ1) is 16.6. The van der Waals surface area contributed by atoms with E-state index in [1.165, 1.54) is 18.6 Å². The number of alkyl carbamates (subject to hydrolysis) is 1. The minimum absolute atomic E-state index is 0.0104. The molecule has 3 aliphatic rings. The fraction of sp³-hybridized carbons (Fsp3) is 0.692. The van der Waals surface area contributed by atoms with E-state index in [0.717, 1.165) is 71.0 Å². The SMILES string of the molecule is N#Cc1cc(F)ccc1OC1CCN(CCC2CCC(NC(=O)OC3CCOCC3)CC2)CC1. The molecule has 1 aromatic rings. The standard InChI is InChI=1S/C26H36FN3O4/c27-21-3-6-25(20(17-21)18-28)33-23-8-13-30(14-9-23)12-7-19-1-4-22(5-2-19)29-26(31)34-24-10-15-32-16-11-24/h3,6,17,19,22-24H,1-2,4-5,7-16H2,(H,29,31). The van der Waals surface area contributed by atoms with Gasteiger partial charge in [-0.1, -0.05) is 0 Å². The average Bonchev–Trinajstić information content (AvgIpc) is 2.86. The smallest absolute Gasteiger partial charge is 0.407 e. The van der Waals surface area contributed by atoms with Crippen molar-refractivity contribution in [2.75, 3.05) is 32.8 Å². The van der Waals surface area contributed by atoms with Gasteiger partial charge in [-0.2, -0.15) is 5.26 Å². The van der Waals surface area contributed by atoms with Gasteiger partial charge < -0.3 is 24.4 Å². The van der Waals surface area contributed by atoms with Crippen LogP contribution < -0.4 is 10.1 Å². The molecular weight excluding hydrogens is 437 g/mol. The van der Waals surface area contributed by atoms with Gasteiger partial charge in [-0.15, -0.1) is 0 Å². The second-order valence-corrected chi connectivity index (χ2v) is 9.78. The number of likely N-dealkylation sites (tertiary alicyclic amines) is 1. The molecule has 0 unspecified atom stereocenters. The van der Waals surface area contributed by atoms with E-state index in [-0.39, 0.29) is 29.9 Å². The molecule has 0 atom stereocenters. The lowest BCUT2D eigenvalue weighted by Gasteiger charge is -2.34. The van der Waals surface area contributed by atoms with Gasteiger partial charge in [0.2, 0.25) is 0 Å². The Bertz CT molecular complexity index is 839. The van der Waals surface area contributed by atoms with Gasteiger partial charge >= 0.3 is 6.09 Å². The van der Waals surface area contributed by atoms with Crippen LogP contribution >= 0.6 is 0 Å². The highest BCUT2D eigenvalue weighted by Gasteiger charge is 2.26. The summed E-state index contributed by atoms with van der Waals surface area (Å²) in [6.07, 6.45) is 8.68. The van der Waals surface area contributed by atoms with Crippen LogP contribution in [0.3, 0.4) is 0 Å². The summed E-state index contributed by atoms with van der Waals surface area (Å²) in [5.74, 6) is 0.763. The van der Waals surface area contributed by atoms with Crippen LogP contribution in [-0.4, -0.2) is 62.1 Å². The van der Waals surface area contributed by atoms with E-state index in [0.29, 0.717) is 24.9 Å². The maximum atomic E-state index is 13.3.